The molecule has 1 aliphatic rings. The zero-order valence-corrected chi connectivity index (χ0v) is 16.8. The SMILES string of the molecule is CC(F)(F)C1CCCN(C(=O)CCCn2c(=O)c3cccn3c3ccc(F)cc32)C1. The Morgan fingerprint density at radius 3 is 2.77 bits per heavy atom. The molecule has 30 heavy (non-hydrogen) atoms. The molecule has 1 fully saturated rings. The summed E-state index contributed by atoms with van der Waals surface area (Å²) in [6.45, 7) is 1.69. The molecule has 0 radical (unpaired) electrons. The van der Waals surface area contributed by atoms with Crippen LogP contribution in [0.1, 0.15) is 32.6 Å². The van der Waals surface area contributed by atoms with Crippen molar-refractivity contribution in [2.24, 2.45) is 5.92 Å². The summed E-state index contributed by atoms with van der Waals surface area (Å²) in [6, 6.07) is 7.74. The number of amides is 1. The second-order valence-corrected chi connectivity index (χ2v) is 8.09. The Hall–Kier alpha value is -2.77. The molecule has 0 aliphatic carbocycles. The highest BCUT2D eigenvalue weighted by Crippen LogP contribution is 2.31. The summed E-state index contributed by atoms with van der Waals surface area (Å²) in [5.74, 6) is -4.25. The molecule has 5 nitrogen and oxygen atoms in total. The quantitative estimate of drug-likeness (QED) is 0.626. The van der Waals surface area contributed by atoms with Gasteiger partial charge < -0.3 is 13.9 Å². The first-order chi connectivity index (χ1) is 14.3. The van der Waals surface area contributed by atoms with Crippen molar-refractivity contribution in [1.29, 1.82) is 0 Å². The van der Waals surface area contributed by atoms with Gasteiger partial charge in [-0.05, 0) is 56.5 Å². The molecule has 1 unspecified atom stereocenters. The van der Waals surface area contributed by atoms with Crippen molar-refractivity contribution in [1.82, 2.24) is 13.9 Å². The molecule has 0 spiro atoms. The number of aryl methyl sites for hydroxylation is 1. The zero-order valence-electron chi connectivity index (χ0n) is 16.8. The molecule has 1 aliphatic heterocycles. The van der Waals surface area contributed by atoms with Crippen LogP contribution in [0.5, 0.6) is 0 Å². The molecule has 4 rings (SSSR count). The summed E-state index contributed by atoms with van der Waals surface area (Å²) < 4.78 is 44.3. The highest BCUT2D eigenvalue weighted by molar-refractivity contribution is 5.79. The minimum Gasteiger partial charge on any atom is -0.342 e. The van der Waals surface area contributed by atoms with Gasteiger partial charge in [0.15, 0.2) is 0 Å². The summed E-state index contributed by atoms with van der Waals surface area (Å²) in [6.07, 6.45) is 3.25. The van der Waals surface area contributed by atoms with Gasteiger partial charge in [-0.2, -0.15) is 0 Å². The predicted octanol–water partition coefficient (Wildman–Crippen LogP) is 4.07. The second-order valence-electron chi connectivity index (χ2n) is 8.09. The lowest BCUT2D eigenvalue weighted by Crippen LogP contribution is -2.45. The maximum atomic E-state index is 13.9. The molecule has 1 atom stereocenters. The third-order valence-electron chi connectivity index (χ3n) is 5.96. The Balaban J connectivity index is 1.51. The van der Waals surface area contributed by atoms with Gasteiger partial charge in [0.1, 0.15) is 11.3 Å². The number of fused-ring (bicyclic) bond motifs is 3. The van der Waals surface area contributed by atoms with E-state index in [1.165, 1.54) is 21.6 Å². The van der Waals surface area contributed by atoms with Gasteiger partial charge in [0, 0.05) is 38.2 Å². The van der Waals surface area contributed by atoms with Gasteiger partial charge in [0.25, 0.3) is 5.56 Å². The Morgan fingerprint density at radius 2 is 2.00 bits per heavy atom. The number of hydrogen-bond acceptors (Lipinski definition) is 2. The third kappa shape index (κ3) is 3.82. The third-order valence-corrected chi connectivity index (χ3v) is 5.96. The van der Waals surface area contributed by atoms with Crippen LogP contribution in [0.4, 0.5) is 13.2 Å². The van der Waals surface area contributed by atoms with E-state index in [-0.39, 0.29) is 31.0 Å². The van der Waals surface area contributed by atoms with Gasteiger partial charge in [-0.3, -0.25) is 9.59 Å². The van der Waals surface area contributed by atoms with Crippen LogP contribution in [0, 0.1) is 11.7 Å². The minimum absolute atomic E-state index is 0.0620. The highest BCUT2D eigenvalue weighted by Gasteiger charge is 2.38. The van der Waals surface area contributed by atoms with Crippen LogP contribution in [0.3, 0.4) is 0 Å². The second kappa shape index (κ2) is 7.81. The molecule has 0 saturated carbocycles. The Kier molecular flexibility index (Phi) is 5.34. The van der Waals surface area contributed by atoms with E-state index in [1.54, 1.807) is 28.8 Å². The van der Waals surface area contributed by atoms with Gasteiger partial charge in [-0.25, -0.2) is 13.2 Å². The molecule has 3 aromatic rings. The fourth-order valence-corrected chi connectivity index (χ4v) is 4.32. The van der Waals surface area contributed by atoms with E-state index in [9.17, 15) is 22.8 Å². The van der Waals surface area contributed by atoms with E-state index < -0.39 is 17.7 Å². The molecule has 1 aromatic carbocycles. The largest absolute Gasteiger partial charge is 0.342 e. The van der Waals surface area contributed by atoms with Gasteiger partial charge in [-0.15, -0.1) is 0 Å². The summed E-state index contributed by atoms with van der Waals surface area (Å²) in [4.78, 5) is 27.0. The average molecular weight is 419 g/mol. The summed E-state index contributed by atoms with van der Waals surface area (Å²) in [5.41, 5.74) is 1.38. The van der Waals surface area contributed by atoms with Gasteiger partial charge in [-0.1, -0.05) is 0 Å². The summed E-state index contributed by atoms with van der Waals surface area (Å²) in [5, 5.41) is 0. The van der Waals surface area contributed by atoms with Crippen LogP contribution in [-0.4, -0.2) is 38.8 Å². The maximum Gasteiger partial charge on any atom is 0.275 e. The first-order valence-electron chi connectivity index (χ1n) is 10.2. The van der Waals surface area contributed by atoms with Crippen molar-refractivity contribution in [2.75, 3.05) is 13.1 Å². The van der Waals surface area contributed by atoms with Gasteiger partial charge >= 0.3 is 0 Å². The van der Waals surface area contributed by atoms with Crippen molar-refractivity contribution < 1.29 is 18.0 Å². The van der Waals surface area contributed by atoms with Crippen molar-refractivity contribution in [3.05, 3.63) is 52.7 Å². The highest BCUT2D eigenvalue weighted by atomic mass is 19.3. The van der Waals surface area contributed by atoms with E-state index in [2.05, 4.69) is 0 Å². The van der Waals surface area contributed by atoms with Crippen LogP contribution < -0.4 is 5.56 Å². The molecule has 0 bridgehead atoms. The molecule has 1 saturated heterocycles. The molecule has 160 valence electrons. The molecule has 0 N–H and O–H groups in total. The number of alkyl halides is 2. The number of halogens is 3. The van der Waals surface area contributed by atoms with E-state index in [4.69, 9.17) is 0 Å². The Labute approximate surface area is 171 Å². The van der Waals surface area contributed by atoms with Crippen LogP contribution in [0.25, 0.3) is 16.6 Å². The fraction of sp³-hybridized carbons (Fsp3) is 0.455. The average Bonchev–Trinajstić information content (AvgIpc) is 3.20. The van der Waals surface area contributed by atoms with Crippen LogP contribution in [0.15, 0.2) is 41.3 Å². The minimum atomic E-state index is -2.80. The van der Waals surface area contributed by atoms with E-state index in [0.29, 0.717) is 42.4 Å². The van der Waals surface area contributed by atoms with E-state index in [0.717, 1.165) is 6.92 Å². The number of benzene rings is 1. The summed E-state index contributed by atoms with van der Waals surface area (Å²) in [7, 11) is 0. The number of hydrogen-bond donors (Lipinski definition) is 0. The van der Waals surface area contributed by atoms with Crippen molar-refractivity contribution in [2.45, 2.75) is 45.1 Å². The van der Waals surface area contributed by atoms with Crippen LogP contribution in [-0.2, 0) is 11.3 Å². The fourth-order valence-electron chi connectivity index (χ4n) is 4.32. The zero-order chi connectivity index (χ0) is 21.5. The lowest BCUT2D eigenvalue weighted by molar-refractivity contribution is -0.137. The molecule has 1 amide bonds. The topological polar surface area (TPSA) is 46.7 Å². The maximum absolute atomic E-state index is 13.9. The predicted molar refractivity (Wildman–Crippen MR) is 108 cm³/mol. The molecule has 2 aromatic heterocycles. The molecule has 8 heteroatoms. The van der Waals surface area contributed by atoms with Crippen molar-refractivity contribution in [3.8, 4) is 0 Å². The standard InChI is InChI=1S/C22H24F3N3O2/c1-22(24,25)15-5-2-10-26(14-15)20(29)7-4-12-28-19-13-16(23)8-9-17(19)27-11-3-6-18(27)21(28)30/h3,6,8-9,11,13,15H,2,4-5,7,10,12,14H2,1H3. The molecule has 3 heterocycles. The van der Waals surface area contributed by atoms with Gasteiger partial charge in [0.05, 0.1) is 11.0 Å². The number of piperidine rings is 1. The first-order valence-corrected chi connectivity index (χ1v) is 10.2. The molecular formula is C22H24F3N3O2. The lowest BCUT2D eigenvalue weighted by atomic mass is 9.92. The number of carbonyl (C=O) groups is 1. The lowest BCUT2D eigenvalue weighted by Gasteiger charge is -2.35. The number of carbonyl (C=O) groups excluding carboxylic acids is 1. The van der Waals surface area contributed by atoms with Crippen LogP contribution >= 0.6 is 0 Å². The van der Waals surface area contributed by atoms with E-state index in [1.807, 2.05) is 0 Å². The van der Waals surface area contributed by atoms with Gasteiger partial charge in [0.2, 0.25) is 11.8 Å². The van der Waals surface area contributed by atoms with Crippen molar-refractivity contribution in [3.63, 3.8) is 0 Å². The number of nitrogens with zero attached hydrogens (tertiary/aromatic N) is 3. The Bertz CT molecular complexity index is 1150. The number of likely N-dealkylation sites (tertiary alicyclic amines) is 1. The number of rotatable bonds is 5. The molecular weight excluding hydrogens is 395 g/mol. The van der Waals surface area contributed by atoms with E-state index >= 15 is 0 Å². The normalized spacial score (nSPS) is 17.7. The number of aromatic nitrogens is 2. The smallest absolute Gasteiger partial charge is 0.275 e. The van der Waals surface area contributed by atoms with Crippen molar-refractivity contribution >= 4 is 22.5 Å². The Morgan fingerprint density at radius 1 is 1.20 bits per heavy atom. The monoisotopic (exact) mass is 419 g/mol. The van der Waals surface area contributed by atoms with Crippen LogP contribution in [0.2, 0.25) is 0 Å². The first kappa shape index (κ1) is 20.5. The summed E-state index contributed by atoms with van der Waals surface area (Å²) >= 11 is 0.